The first-order valence-electron chi connectivity index (χ1n) is 17.3. The van der Waals surface area contributed by atoms with E-state index in [1.807, 2.05) is 60.7 Å². The minimum atomic E-state index is -1.35. The molecule has 1 saturated heterocycles. The number of amides is 2. The van der Waals surface area contributed by atoms with Gasteiger partial charge in [-0.3, -0.25) is 24.1 Å². The number of ether oxygens (including phenoxy) is 1. The van der Waals surface area contributed by atoms with Crippen molar-refractivity contribution in [3.8, 4) is 11.5 Å². The zero-order valence-corrected chi connectivity index (χ0v) is 28.9. The Morgan fingerprint density at radius 1 is 0.878 bits per heavy atom. The maximum Gasteiger partial charge on any atom is 0.233 e. The van der Waals surface area contributed by atoms with Crippen LogP contribution in [0.15, 0.2) is 95.0 Å². The highest BCUT2D eigenvalue weighted by Crippen LogP contribution is 2.64. The molecule has 2 saturated carbocycles. The van der Waals surface area contributed by atoms with Crippen molar-refractivity contribution in [1.82, 2.24) is 4.90 Å². The first kappa shape index (κ1) is 31.9. The van der Waals surface area contributed by atoms with Gasteiger partial charge in [0.1, 0.15) is 0 Å². The molecular weight excluding hydrogens is 682 g/mol. The standard InChI is InChI=1S/C41H38BrNO6/c1-49-33-20-24(19-32(42)38(33)46)36-27-17-18-28-35(40(48)43(39(28)47)26-15-9-4-10-16-26)30(27)21-31-37(45)29(23-11-5-2-6-12-23)22-34(44)41(31,36)25-13-7-3-8-14-25/h2-3,5-8,11-14,17,19-20,22,26,28,30-31,35-36,46H,4,9-10,15-16,18,21H2,1H3/t28-,30+,31-,35-,36-,41-/m0/s1. The molecule has 6 atom stereocenters. The molecule has 0 radical (unpaired) electrons. The van der Waals surface area contributed by atoms with Crippen molar-refractivity contribution >= 4 is 44.9 Å². The molecule has 1 heterocycles. The van der Waals surface area contributed by atoms with E-state index in [9.17, 15) is 14.7 Å². The Morgan fingerprint density at radius 3 is 2.27 bits per heavy atom. The number of halogens is 1. The number of nitrogens with zero attached hydrogens (tertiary/aromatic N) is 1. The number of hydrogen-bond donors (Lipinski definition) is 1. The average Bonchev–Trinajstić information content (AvgIpc) is 3.40. The fraction of sp³-hybridized carbons (Fsp3) is 0.366. The minimum absolute atomic E-state index is 0.0707. The van der Waals surface area contributed by atoms with E-state index in [-0.39, 0.29) is 47.3 Å². The molecule has 0 spiro atoms. The van der Waals surface area contributed by atoms with Gasteiger partial charge in [-0.1, -0.05) is 91.6 Å². The number of allylic oxidation sites excluding steroid dienone is 4. The zero-order valence-electron chi connectivity index (χ0n) is 27.3. The van der Waals surface area contributed by atoms with Crippen LogP contribution in [-0.2, 0) is 24.6 Å². The van der Waals surface area contributed by atoms with Crippen molar-refractivity contribution in [3.05, 3.63) is 112 Å². The summed E-state index contributed by atoms with van der Waals surface area (Å²) in [6, 6.07) is 22.2. The van der Waals surface area contributed by atoms with Gasteiger partial charge in [0.2, 0.25) is 11.8 Å². The van der Waals surface area contributed by atoms with E-state index in [0.717, 1.165) is 37.7 Å². The molecule has 7 nitrogen and oxygen atoms in total. The van der Waals surface area contributed by atoms with Crippen molar-refractivity contribution in [1.29, 1.82) is 0 Å². The maximum atomic E-state index is 15.2. The fourth-order valence-electron chi connectivity index (χ4n) is 9.89. The lowest BCUT2D eigenvalue weighted by Gasteiger charge is -2.55. The van der Waals surface area contributed by atoms with Crippen LogP contribution in [0.25, 0.3) is 5.57 Å². The quantitative estimate of drug-likeness (QED) is 0.219. The maximum absolute atomic E-state index is 15.2. The van der Waals surface area contributed by atoms with Gasteiger partial charge in [0.25, 0.3) is 0 Å². The number of imide groups is 1. The van der Waals surface area contributed by atoms with Gasteiger partial charge in [-0.2, -0.15) is 0 Å². The number of carbonyl (C=O) groups is 4. The Labute approximate surface area is 294 Å². The third-order valence-electron chi connectivity index (χ3n) is 12.0. The van der Waals surface area contributed by atoms with Crippen LogP contribution < -0.4 is 4.74 Å². The van der Waals surface area contributed by atoms with Crippen molar-refractivity contribution in [2.75, 3.05) is 7.11 Å². The van der Waals surface area contributed by atoms with Gasteiger partial charge in [-0.25, -0.2) is 0 Å². The highest BCUT2D eigenvalue weighted by molar-refractivity contribution is 9.10. The molecule has 250 valence electrons. The highest BCUT2D eigenvalue weighted by Gasteiger charge is 2.66. The number of Topliss-reactive ketones (excluding diaryl/α,β-unsaturated/α-hetero) is 1. The smallest absolute Gasteiger partial charge is 0.233 e. The predicted molar refractivity (Wildman–Crippen MR) is 188 cm³/mol. The molecule has 1 N–H and O–H groups in total. The number of fused-ring (bicyclic) bond motifs is 4. The summed E-state index contributed by atoms with van der Waals surface area (Å²) in [4.78, 5) is 60.4. The summed E-state index contributed by atoms with van der Waals surface area (Å²) < 4.78 is 6.00. The Hall–Kier alpha value is -4.30. The van der Waals surface area contributed by atoms with Gasteiger partial charge >= 0.3 is 0 Å². The van der Waals surface area contributed by atoms with Crippen LogP contribution in [0, 0.1) is 23.7 Å². The van der Waals surface area contributed by atoms with Gasteiger partial charge in [-0.15, -0.1) is 0 Å². The van der Waals surface area contributed by atoms with Crippen LogP contribution >= 0.6 is 15.9 Å². The number of methoxy groups -OCH3 is 1. The SMILES string of the molecule is COc1cc([C@H]2C3=CC[C@@H]4C(=O)N(C5CCCCC5)C(=O)[C@@H]4[C@@H]3C[C@H]3C(=O)C(c4ccccc4)=CC(=O)[C@@]23c2ccccc2)cc(Br)c1O. The van der Waals surface area contributed by atoms with E-state index in [4.69, 9.17) is 4.74 Å². The van der Waals surface area contributed by atoms with E-state index < -0.39 is 35.0 Å². The lowest BCUT2D eigenvalue weighted by atomic mass is 9.44. The molecule has 4 aliphatic carbocycles. The second kappa shape index (κ2) is 12.2. The number of benzene rings is 3. The van der Waals surface area contributed by atoms with Gasteiger partial charge in [0.05, 0.1) is 28.8 Å². The molecule has 0 bridgehead atoms. The highest BCUT2D eigenvalue weighted by atomic mass is 79.9. The topological polar surface area (TPSA) is 101 Å². The van der Waals surface area contributed by atoms with Crippen LogP contribution in [0.1, 0.15) is 67.6 Å². The average molecular weight is 721 g/mol. The Morgan fingerprint density at radius 2 is 1.57 bits per heavy atom. The number of rotatable bonds is 5. The summed E-state index contributed by atoms with van der Waals surface area (Å²) in [5, 5.41) is 10.9. The molecule has 3 aromatic rings. The number of phenols is 1. The van der Waals surface area contributed by atoms with E-state index in [1.54, 1.807) is 17.0 Å². The third kappa shape index (κ3) is 4.73. The van der Waals surface area contributed by atoms with Crippen LogP contribution in [0.5, 0.6) is 11.5 Å². The molecule has 0 aromatic heterocycles. The number of hydrogen-bond acceptors (Lipinski definition) is 6. The predicted octanol–water partition coefficient (Wildman–Crippen LogP) is 7.32. The summed E-state index contributed by atoms with van der Waals surface area (Å²) in [6.45, 7) is 0. The van der Waals surface area contributed by atoms with Gasteiger partial charge in [0.15, 0.2) is 23.1 Å². The van der Waals surface area contributed by atoms with E-state index in [0.29, 0.717) is 33.2 Å². The summed E-state index contributed by atoms with van der Waals surface area (Å²) in [7, 11) is 1.47. The molecule has 0 unspecified atom stereocenters. The molecule has 8 rings (SSSR count). The first-order valence-corrected chi connectivity index (χ1v) is 18.1. The molecular formula is C41H38BrNO6. The fourth-order valence-corrected chi connectivity index (χ4v) is 10.3. The monoisotopic (exact) mass is 719 g/mol. The zero-order chi connectivity index (χ0) is 34.0. The molecule has 5 aliphatic rings. The molecule has 8 heteroatoms. The number of likely N-dealkylation sites (tertiary alicyclic amines) is 1. The van der Waals surface area contributed by atoms with Crippen molar-refractivity contribution < 1.29 is 29.0 Å². The molecule has 1 aliphatic heterocycles. The second-order valence-electron chi connectivity index (χ2n) is 14.2. The van der Waals surface area contributed by atoms with Crippen LogP contribution in [0.2, 0.25) is 0 Å². The van der Waals surface area contributed by atoms with Gasteiger partial charge < -0.3 is 9.84 Å². The normalized spacial score (nSPS) is 29.9. The second-order valence-corrected chi connectivity index (χ2v) is 15.0. The van der Waals surface area contributed by atoms with Gasteiger partial charge in [0, 0.05) is 23.5 Å². The van der Waals surface area contributed by atoms with E-state index in [2.05, 4.69) is 22.0 Å². The Kier molecular flexibility index (Phi) is 7.97. The number of phenolic OH excluding ortho intramolecular Hbond substituents is 1. The van der Waals surface area contributed by atoms with Crippen LogP contribution in [0.4, 0.5) is 0 Å². The molecule has 3 fully saturated rings. The van der Waals surface area contributed by atoms with Crippen molar-refractivity contribution in [3.63, 3.8) is 0 Å². The Bertz CT molecular complexity index is 1930. The molecule has 49 heavy (non-hydrogen) atoms. The summed E-state index contributed by atoms with van der Waals surface area (Å²) in [5.74, 6) is -3.44. The van der Waals surface area contributed by atoms with Crippen LogP contribution in [0.3, 0.4) is 0 Å². The number of ketones is 2. The van der Waals surface area contributed by atoms with Gasteiger partial charge in [-0.05, 0) is 82.4 Å². The Balaban J connectivity index is 1.37. The number of aromatic hydroxyl groups is 1. The largest absolute Gasteiger partial charge is 0.503 e. The van der Waals surface area contributed by atoms with Crippen molar-refractivity contribution in [2.24, 2.45) is 23.7 Å². The summed E-state index contributed by atoms with van der Waals surface area (Å²) >= 11 is 3.52. The summed E-state index contributed by atoms with van der Waals surface area (Å²) in [6.07, 6.45) is 9.00. The summed E-state index contributed by atoms with van der Waals surface area (Å²) in [5.41, 5.74) is 1.99. The number of carbonyl (C=O) groups excluding carboxylic acids is 4. The lowest BCUT2D eigenvalue weighted by Crippen LogP contribution is -2.58. The first-order chi connectivity index (χ1) is 23.8. The molecule has 3 aromatic carbocycles. The third-order valence-corrected chi connectivity index (χ3v) is 12.6. The van der Waals surface area contributed by atoms with E-state index in [1.165, 1.54) is 13.2 Å². The van der Waals surface area contributed by atoms with E-state index >= 15 is 9.59 Å². The minimum Gasteiger partial charge on any atom is -0.503 e. The lowest BCUT2D eigenvalue weighted by molar-refractivity contribution is -0.144. The van der Waals surface area contributed by atoms with Crippen LogP contribution in [-0.4, -0.2) is 46.5 Å². The van der Waals surface area contributed by atoms with Crippen molar-refractivity contribution in [2.45, 2.75) is 62.3 Å². The molecule has 2 amide bonds.